The van der Waals surface area contributed by atoms with Gasteiger partial charge in [-0.15, -0.1) is 0 Å². The van der Waals surface area contributed by atoms with E-state index in [1.54, 1.807) is 23.1 Å². The van der Waals surface area contributed by atoms with Crippen LogP contribution < -0.4 is 16.6 Å². The standard InChI is InChI=1S/C25H24ClN7O3/c1-15(29-21-17(14-28-25(27)31-21)23(34)32-10-12-36-13-11-32)22-30-19-9-5-8-18(26)20(19)24(35)33(22)16-6-3-2-4-7-16/h2-9,14-15H,10-13H2,1H3,(H3,27,28,29,31)/t15-/m0/s1. The van der Waals surface area contributed by atoms with Crippen LogP contribution in [0, 0.1) is 0 Å². The Kier molecular flexibility index (Phi) is 6.53. The number of nitrogen functional groups attached to an aromatic ring is 1. The summed E-state index contributed by atoms with van der Waals surface area (Å²) in [4.78, 5) is 41.7. The normalized spacial score (nSPS) is 14.6. The summed E-state index contributed by atoms with van der Waals surface area (Å²) in [6.45, 7) is 3.71. The third-order valence-corrected chi connectivity index (χ3v) is 6.28. The van der Waals surface area contributed by atoms with Gasteiger partial charge in [-0.3, -0.25) is 14.2 Å². The van der Waals surface area contributed by atoms with Crippen molar-refractivity contribution in [2.75, 3.05) is 37.4 Å². The number of morpholine rings is 1. The van der Waals surface area contributed by atoms with Gasteiger partial charge < -0.3 is 20.7 Å². The highest BCUT2D eigenvalue weighted by Gasteiger charge is 2.25. The molecular weight excluding hydrogens is 482 g/mol. The van der Waals surface area contributed by atoms with Gasteiger partial charge in [0.15, 0.2) is 0 Å². The number of benzene rings is 2. The lowest BCUT2D eigenvalue weighted by molar-refractivity contribution is 0.0303. The first kappa shape index (κ1) is 23.7. The van der Waals surface area contributed by atoms with Gasteiger partial charge in [-0.05, 0) is 31.2 Å². The van der Waals surface area contributed by atoms with Crippen LogP contribution in [0.15, 0.2) is 59.5 Å². The van der Waals surface area contributed by atoms with Gasteiger partial charge >= 0.3 is 0 Å². The van der Waals surface area contributed by atoms with E-state index in [1.165, 1.54) is 10.8 Å². The zero-order valence-corrected chi connectivity index (χ0v) is 20.3. The van der Waals surface area contributed by atoms with Gasteiger partial charge in [0.1, 0.15) is 17.2 Å². The maximum atomic E-state index is 13.7. The smallest absolute Gasteiger partial charge is 0.267 e. The third-order valence-electron chi connectivity index (χ3n) is 5.96. The first-order valence-corrected chi connectivity index (χ1v) is 11.8. The van der Waals surface area contributed by atoms with Crippen molar-refractivity contribution in [1.29, 1.82) is 0 Å². The van der Waals surface area contributed by atoms with Gasteiger partial charge in [0.05, 0.1) is 40.9 Å². The van der Waals surface area contributed by atoms with Gasteiger partial charge in [-0.25, -0.2) is 9.97 Å². The average molecular weight is 506 g/mol. The first-order chi connectivity index (χ1) is 17.4. The van der Waals surface area contributed by atoms with E-state index in [1.807, 2.05) is 37.3 Å². The SMILES string of the molecule is C[C@H](Nc1nc(N)ncc1C(=O)N1CCOCC1)c1nc2cccc(Cl)c2c(=O)n1-c1ccccc1. The van der Waals surface area contributed by atoms with Crippen LogP contribution in [-0.2, 0) is 4.74 Å². The van der Waals surface area contributed by atoms with Crippen LogP contribution >= 0.6 is 11.6 Å². The fraction of sp³-hybridized carbons (Fsp3) is 0.240. The molecule has 3 heterocycles. The highest BCUT2D eigenvalue weighted by molar-refractivity contribution is 6.35. The van der Waals surface area contributed by atoms with E-state index in [0.717, 1.165) is 0 Å². The van der Waals surface area contributed by atoms with Crippen molar-refractivity contribution in [3.8, 4) is 5.69 Å². The van der Waals surface area contributed by atoms with Gasteiger partial charge in [0.25, 0.3) is 11.5 Å². The molecule has 2 aromatic heterocycles. The Bertz CT molecular complexity index is 1490. The Morgan fingerprint density at radius 1 is 1.11 bits per heavy atom. The fourth-order valence-corrected chi connectivity index (χ4v) is 4.44. The van der Waals surface area contributed by atoms with Crippen LogP contribution in [0.3, 0.4) is 0 Å². The molecule has 5 rings (SSSR count). The minimum absolute atomic E-state index is 0.0157. The highest BCUT2D eigenvalue weighted by Crippen LogP contribution is 2.26. The lowest BCUT2D eigenvalue weighted by Crippen LogP contribution is -2.41. The van der Waals surface area contributed by atoms with Crippen LogP contribution in [0.5, 0.6) is 0 Å². The molecule has 4 aromatic rings. The number of amides is 1. The van der Waals surface area contributed by atoms with Crippen LogP contribution in [-0.4, -0.2) is 56.6 Å². The second-order valence-electron chi connectivity index (χ2n) is 8.34. The van der Waals surface area contributed by atoms with E-state index in [0.29, 0.717) is 53.7 Å². The summed E-state index contributed by atoms with van der Waals surface area (Å²) in [6, 6.07) is 13.8. The molecule has 0 unspecified atom stereocenters. The summed E-state index contributed by atoms with van der Waals surface area (Å²) in [5, 5.41) is 3.89. The van der Waals surface area contributed by atoms with Crippen molar-refractivity contribution in [2.45, 2.75) is 13.0 Å². The van der Waals surface area contributed by atoms with E-state index < -0.39 is 6.04 Å². The molecular formula is C25H24ClN7O3. The monoisotopic (exact) mass is 505 g/mol. The minimum atomic E-state index is -0.549. The quantitative estimate of drug-likeness (QED) is 0.423. The summed E-state index contributed by atoms with van der Waals surface area (Å²) in [6.07, 6.45) is 1.41. The number of hydrogen-bond donors (Lipinski definition) is 2. The van der Waals surface area contributed by atoms with E-state index >= 15 is 0 Å². The number of ether oxygens (including phenoxy) is 1. The molecule has 0 radical (unpaired) electrons. The van der Waals surface area contributed by atoms with Crippen molar-refractivity contribution < 1.29 is 9.53 Å². The van der Waals surface area contributed by atoms with Crippen LogP contribution in [0.1, 0.15) is 29.1 Å². The number of para-hydroxylation sites is 1. The average Bonchev–Trinajstić information content (AvgIpc) is 2.89. The largest absolute Gasteiger partial charge is 0.378 e. The molecule has 0 spiro atoms. The molecule has 1 fully saturated rings. The van der Waals surface area contributed by atoms with Crippen LogP contribution in [0.2, 0.25) is 5.02 Å². The fourth-order valence-electron chi connectivity index (χ4n) is 4.19. The topological polar surface area (TPSA) is 128 Å². The van der Waals surface area contributed by atoms with Crippen molar-refractivity contribution in [2.24, 2.45) is 0 Å². The van der Waals surface area contributed by atoms with E-state index in [2.05, 4.69) is 15.3 Å². The number of rotatable bonds is 5. The molecule has 1 atom stereocenters. The van der Waals surface area contributed by atoms with Crippen LogP contribution in [0.25, 0.3) is 16.6 Å². The number of nitrogens with zero attached hydrogens (tertiary/aromatic N) is 5. The second-order valence-corrected chi connectivity index (χ2v) is 8.75. The molecule has 1 amide bonds. The Morgan fingerprint density at radius 3 is 2.61 bits per heavy atom. The van der Waals surface area contributed by atoms with Gasteiger partial charge in [0.2, 0.25) is 5.95 Å². The predicted molar refractivity (Wildman–Crippen MR) is 138 cm³/mol. The van der Waals surface area contributed by atoms with Crippen molar-refractivity contribution in [3.05, 3.63) is 81.5 Å². The van der Waals surface area contributed by atoms with Crippen molar-refractivity contribution >= 4 is 40.2 Å². The molecule has 11 heteroatoms. The molecule has 0 bridgehead atoms. The Morgan fingerprint density at radius 2 is 1.86 bits per heavy atom. The maximum Gasteiger partial charge on any atom is 0.267 e. The summed E-state index contributed by atoms with van der Waals surface area (Å²) < 4.78 is 6.87. The van der Waals surface area contributed by atoms with Gasteiger partial charge in [-0.1, -0.05) is 35.9 Å². The van der Waals surface area contributed by atoms with E-state index in [9.17, 15) is 9.59 Å². The Hall–Kier alpha value is -4.02. The lowest BCUT2D eigenvalue weighted by Gasteiger charge is -2.28. The van der Waals surface area contributed by atoms with Gasteiger partial charge in [0, 0.05) is 19.3 Å². The molecule has 1 saturated heterocycles. The number of nitrogens with two attached hydrogens (primary N) is 1. The second kappa shape index (κ2) is 9.92. The summed E-state index contributed by atoms with van der Waals surface area (Å²) >= 11 is 6.38. The molecule has 2 aromatic carbocycles. The number of aromatic nitrogens is 4. The molecule has 1 aliphatic heterocycles. The minimum Gasteiger partial charge on any atom is -0.378 e. The number of nitrogens with one attached hydrogen (secondary N) is 1. The van der Waals surface area contributed by atoms with Crippen LogP contribution in [0.4, 0.5) is 11.8 Å². The first-order valence-electron chi connectivity index (χ1n) is 11.5. The molecule has 0 aliphatic carbocycles. The number of carbonyl (C=O) groups is 1. The molecule has 1 aliphatic rings. The van der Waals surface area contributed by atoms with Gasteiger partial charge in [-0.2, -0.15) is 4.98 Å². The van der Waals surface area contributed by atoms with E-state index in [-0.39, 0.29) is 28.8 Å². The third kappa shape index (κ3) is 4.48. The molecule has 3 N–H and O–H groups in total. The Labute approximate surface area is 211 Å². The number of fused-ring (bicyclic) bond motifs is 1. The highest BCUT2D eigenvalue weighted by atomic mass is 35.5. The molecule has 36 heavy (non-hydrogen) atoms. The summed E-state index contributed by atoms with van der Waals surface area (Å²) in [7, 11) is 0. The summed E-state index contributed by atoms with van der Waals surface area (Å²) in [5.74, 6) is 0.461. The van der Waals surface area contributed by atoms with E-state index in [4.69, 9.17) is 27.1 Å². The number of hydrogen-bond acceptors (Lipinski definition) is 8. The lowest BCUT2D eigenvalue weighted by atomic mass is 10.2. The molecule has 184 valence electrons. The zero-order valence-electron chi connectivity index (χ0n) is 19.5. The molecule has 10 nitrogen and oxygen atoms in total. The zero-order chi connectivity index (χ0) is 25.2. The number of carbonyl (C=O) groups excluding carboxylic acids is 1. The Balaban J connectivity index is 1.60. The van der Waals surface area contributed by atoms with Crippen molar-refractivity contribution in [3.63, 3.8) is 0 Å². The van der Waals surface area contributed by atoms with Crippen molar-refractivity contribution in [1.82, 2.24) is 24.4 Å². The molecule has 0 saturated carbocycles. The number of anilines is 2. The predicted octanol–water partition coefficient (Wildman–Crippen LogP) is 3.06. The maximum absolute atomic E-state index is 13.7. The number of halogens is 1. The summed E-state index contributed by atoms with van der Waals surface area (Å²) in [5.41, 5.74) is 6.94.